The number of benzene rings is 1. The Hall–Kier alpha value is -4.28. The zero-order valence-corrected chi connectivity index (χ0v) is 18.1. The third kappa shape index (κ3) is 3.74. The number of nitrogens with zero attached hydrogens (tertiary/aromatic N) is 6. The molecule has 0 fully saturated rings. The maximum Gasteiger partial charge on any atom is 0.504 e. The molecule has 172 valence electrons. The van der Waals surface area contributed by atoms with E-state index in [9.17, 15) is 18.0 Å². The highest BCUT2D eigenvalue weighted by Crippen LogP contribution is 2.28. The first-order valence-electron chi connectivity index (χ1n) is 10.3. The van der Waals surface area contributed by atoms with Crippen LogP contribution < -0.4 is 5.32 Å². The molecule has 8 nitrogen and oxygen atoms in total. The number of carbonyl (C=O) groups is 1. The van der Waals surface area contributed by atoms with Crippen LogP contribution in [0.1, 0.15) is 17.1 Å². The minimum Gasteiger partial charge on any atom is -0.331 e. The SMILES string of the molecule is Cc1nc2ccccc2c2c1c(C)nn2C(=O)NCc1ccc(-c2cnn(C(F)(F)F)c2)cn1. The van der Waals surface area contributed by atoms with Crippen LogP contribution in [-0.4, -0.2) is 35.6 Å². The molecule has 4 heterocycles. The van der Waals surface area contributed by atoms with Crippen molar-refractivity contribution < 1.29 is 18.0 Å². The van der Waals surface area contributed by atoms with Gasteiger partial charge in [0.2, 0.25) is 0 Å². The van der Waals surface area contributed by atoms with E-state index in [0.717, 1.165) is 34.4 Å². The predicted octanol–water partition coefficient (Wildman–Crippen LogP) is 4.69. The van der Waals surface area contributed by atoms with E-state index < -0.39 is 12.3 Å². The second kappa shape index (κ2) is 7.94. The third-order valence-electron chi connectivity index (χ3n) is 5.48. The van der Waals surface area contributed by atoms with E-state index in [1.165, 1.54) is 10.9 Å². The van der Waals surface area contributed by atoms with E-state index in [1.807, 2.05) is 38.1 Å². The fraction of sp³-hybridized carbons (Fsp3) is 0.174. The van der Waals surface area contributed by atoms with Gasteiger partial charge in [-0.05, 0) is 26.0 Å². The van der Waals surface area contributed by atoms with Gasteiger partial charge in [0.25, 0.3) is 0 Å². The molecule has 1 amide bonds. The molecule has 5 aromatic rings. The fourth-order valence-electron chi connectivity index (χ4n) is 3.92. The summed E-state index contributed by atoms with van der Waals surface area (Å²) >= 11 is 0. The Morgan fingerprint density at radius 2 is 1.82 bits per heavy atom. The number of aromatic nitrogens is 6. The van der Waals surface area contributed by atoms with Crippen molar-refractivity contribution in [2.75, 3.05) is 0 Å². The van der Waals surface area contributed by atoms with Gasteiger partial charge in [-0.3, -0.25) is 9.97 Å². The highest BCUT2D eigenvalue weighted by Gasteiger charge is 2.31. The number of fused-ring (bicyclic) bond motifs is 3. The fourth-order valence-corrected chi connectivity index (χ4v) is 3.92. The van der Waals surface area contributed by atoms with Gasteiger partial charge in [-0.25, -0.2) is 4.79 Å². The van der Waals surface area contributed by atoms with Crippen LogP contribution in [0.2, 0.25) is 0 Å². The van der Waals surface area contributed by atoms with Gasteiger partial charge >= 0.3 is 12.3 Å². The number of pyridine rings is 2. The number of amides is 1. The van der Waals surface area contributed by atoms with Crippen LogP contribution >= 0.6 is 0 Å². The lowest BCUT2D eigenvalue weighted by atomic mass is 10.1. The molecular formula is C23H18F3N7O. The summed E-state index contributed by atoms with van der Waals surface area (Å²) < 4.78 is 39.5. The van der Waals surface area contributed by atoms with E-state index in [2.05, 4.69) is 25.5 Å². The summed E-state index contributed by atoms with van der Waals surface area (Å²) in [7, 11) is 0. The number of aryl methyl sites for hydroxylation is 2. The van der Waals surface area contributed by atoms with Crippen molar-refractivity contribution in [3.63, 3.8) is 0 Å². The van der Waals surface area contributed by atoms with Gasteiger partial charge in [0.05, 0.1) is 35.2 Å². The molecule has 0 radical (unpaired) electrons. The molecule has 0 bridgehead atoms. The van der Waals surface area contributed by atoms with Crippen molar-refractivity contribution in [1.29, 1.82) is 0 Å². The van der Waals surface area contributed by atoms with Crippen LogP contribution in [0.5, 0.6) is 0 Å². The molecule has 0 saturated heterocycles. The molecule has 0 aliphatic rings. The minimum atomic E-state index is -4.58. The molecule has 11 heteroatoms. The van der Waals surface area contributed by atoms with E-state index >= 15 is 0 Å². The summed E-state index contributed by atoms with van der Waals surface area (Å²) in [5.74, 6) is 0. The zero-order valence-electron chi connectivity index (χ0n) is 18.1. The maximum absolute atomic E-state index is 13.0. The molecule has 0 spiro atoms. The Balaban J connectivity index is 1.37. The van der Waals surface area contributed by atoms with E-state index in [1.54, 1.807) is 12.1 Å². The topological polar surface area (TPSA) is 90.5 Å². The van der Waals surface area contributed by atoms with Gasteiger partial charge in [0.1, 0.15) is 0 Å². The van der Waals surface area contributed by atoms with Gasteiger partial charge in [0, 0.05) is 40.0 Å². The van der Waals surface area contributed by atoms with E-state index in [0.29, 0.717) is 22.5 Å². The standard InChI is InChI=1S/C23H18F3N7O/c1-13-20-14(2)31-33(21(20)18-5-3-4-6-19(18)30-13)22(34)28-11-17-8-7-15(9-27-17)16-10-29-32(12-16)23(24,25)26/h3-10,12H,11H2,1-2H3,(H,28,34). The third-order valence-corrected chi connectivity index (χ3v) is 5.48. The first kappa shape index (κ1) is 21.6. The van der Waals surface area contributed by atoms with Gasteiger partial charge < -0.3 is 5.32 Å². The van der Waals surface area contributed by atoms with Gasteiger partial charge in [-0.2, -0.15) is 19.6 Å². The summed E-state index contributed by atoms with van der Waals surface area (Å²) in [5, 5.41) is 12.2. The van der Waals surface area contributed by atoms with Gasteiger partial charge in [-0.15, -0.1) is 13.2 Å². The molecule has 0 atom stereocenters. The van der Waals surface area contributed by atoms with Crippen LogP contribution in [0, 0.1) is 13.8 Å². The first-order chi connectivity index (χ1) is 16.2. The monoisotopic (exact) mass is 465 g/mol. The Morgan fingerprint density at radius 3 is 2.53 bits per heavy atom. The largest absolute Gasteiger partial charge is 0.504 e. The van der Waals surface area contributed by atoms with Crippen LogP contribution in [0.3, 0.4) is 0 Å². The van der Waals surface area contributed by atoms with Crippen molar-refractivity contribution in [3.8, 4) is 11.1 Å². The van der Waals surface area contributed by atoms with Crippen LogP contribution in [0.25, 0.3) is 32.9 Å². The molecule has 1 aromatic carbocycles. The lowest BCUT2D eigenvalue weighted by Gasteiger charge is -2.08. The molecule has 1 N–H and O–H groups in total. The molecule has 4 aromatic heterocycles. The zero-order chi connectivity index (χ0) is 24.0. The molecule has 0 unspecified atom stereocenters. The number of nitrogens with one attached hydrogen (secondary N) is 1. The first-order valence-corrected chi connectivity index (χ1v) is 10.3. The summed E-state index contributed by atoms with van der Waals surface area (Å²) in [6.45, 7) is 3.83. The molecule has 0 aliphatic heterocycles. The second-order valence-corrected chi connectivity index (χ2v) is 7.77. The van der Waals surface area contributed by atoms with E-state index in [4.69, 9.17) is 0 Å². The van der Waals surface area contributed by atoms with Crippen molar-refractivity contribution in [2.45, 2.75) is 26.7 Å². The average Bonchev–Trinajstić information content (AvgIpc) is 3.44. The summed E-state index contributed by atoms with van der Waals surface area (Å²) in [6, 6.07) is 10.4. The van der Waals surface area contributed by atoms with Crippen molar-refractivity contribution >= 4 is 27.8 Å². The summed E-state index contributed by atoms with van der Waals surface area (Å²) in [4.78, 5) is 21.9. The lowest BCUT2D eigenvalue weighted by molar-refractivity contribution is -0.212. The smallest absolute Gasteiger partial charge is 0.331 e. The highest BCUT2D eigenvalue weighted by atomic mass is 19.4. The summed E-state index contributed by atoms with van der Waals surface area (Å²) in [6.07, 6.45) is -1.12. The number of halogens is 3. The van der Waals surface area contributed by atoms with Crippen LogP contribution in [0.15, 0.2) is 55.0 Å². The molecule has 34 heavy (non-hydrogen) atoms. The number of alkyl halides is 3. The van der Waals surface area contributed by atoms with Crippen molar-refractivity contribution in [1.82, 2.24) is 34.8 Å². The molecule has 0 saturated carbocycles. The average molecular weight is 465 g/mol. The molecule has 5 rings (SSSR count). The summed E-state index contributed by atoms with van der Waals surface area (Å²) in [5.41, 5.74) is 4.24. The van der Waals surface area contributed by atoms with Crippen LogP contribution in [0.4, 0.5) is 18.0 Å². The van der Waals surface area contributed by atoms with Gasteiger partial charge in [-0.1, -0.05) is 24.3 Å². The highest BCUT2D eigenvalue weighted by molar-refractivity contribution is 6.08. The quantitative estimate of drug-likeness (QED) is 0.417. The Kier molecular flexibility index (Phi) is 5.03. The Morgan fingerprint density at radius 1 is 1.03 bits per heavy atom. The second-order valence-electron chi connectivity index (χ2n) is 7.77. The Bertz CT molecular complexity index is 1530. The minimum absolute atomic E-state index is 0.0617. The van der Waals surface area contributed by atoms with Crippen molar-refractivity contribution in [3.05, 3.63) is 72.1 Å². The lowest BCUT2D eigenvalue weighted by Crippen LogP contribution is -2.29. The Labute approximate surface area is 191 Å². The predicted molar refractivity (Wildman–Crippen MR) is 119 cm³/mol. The number of rotatable bonds is 3. The van der Waals surface area contributed by atoms with E-state index in [-0.39, 0.29) is 16.8 Å². The number of para-hydroxylation sites is 1. The molecular weight excluding hydrogens is 447 g/mol. The number of hydrogen-bond acceptors (Lipinski definition) is 5. The maximum atomic E-state index is 13.0. The number of hydrogen-bond donors (Lipinski definition) is 1. The van der Waals surface area contributed by atoms with Gasteiger partial charge in [0.15, 0.2) is 0 Å². The normalized spacial score (nSPS) is 11.9. The van der Waals surface area contributed by atoms with Crippen LogP contribution in [-0.2, 0) is 12.8 Å². The van der Waals surface area contributed by atoms with Crippen molar-refractivity contribution in [2.24, 2.45) is 0 Å². The number of carbonyl (C=O) groups excluding carboxylic acids is 1. The molecule has 0 aliphatic carbocycles.